The molecular weight excluding hydrogens is 396 g/mol. The first-order chi connectivity index (χ1) is 12.3. The molecule has 1 heterocycles. The number of carbonyl (C=O) groups excluding carboxylic acids is 1. The predicted octanol–water partition coefficient (Wildman–Crippen LogP) is 3.56. The third-order valence-electron chi connectivity index (χ3n) is 3.59. The number of hydrogen-bond donors (Lipinski definition) is 0. The molecule has 0 N–H and O–H groups in total. The average molecular weight is 411 g/mol. The highest BCUT2D eigenvalue weighted by Gasteiger charge is 2.23. The van der Waals surface area contributed by atoms with Crippen LogP contribution in [0.3, 0.4) is 0 Å². The van der Waals surface area contributed by atoms with Gasteiger partial charge in [0.05, 0.1) is 20.8 Å². The Balaban J connectivity index is 1.79. The van der Waals surface area contributed by atoms with Gasteiger partial charge in [-0.25, -0.2) is 22.5 Å². The quantitative estimate of drug-likeness (QED) is 0.601. The number of esters is 1. The van der Waals surface area contributed by atoms with E-state index in [4.69, 9.17) is 16.3 Å². The van der Waals surface area contributed by atoms with Gasteiger partial charge >= 0.3 is 5.97 Å². The van der Waals surface area contributed by atoms with Crippen LogP contribution in [0, 0.1) is 0 Å². The highest BCUT2D eigenvalue weighted by atomic mass is 35.5. The molecule has 9 heteroatoms. The van der Waals surface area contributed by atoms with Crippen molar-refractivity contribution in [2.75, 3.05) is 14.1 Å². The summed E-state index contributed by atoms with van der Waals surface area (Å²) >= 11 is 7.42. The van der Waals surface area contributed by atoms with Crippen molar-refractivity contribution in [1.29, 1.82) is 0 Å². The Hall–Kier alpha value is -2.00. The van der Waals surface area contributed by atoms with E-state index in [9.17, 15) is 13.2 Å². The number of aromatic nitrogens is 1. The van der Waals surface area contributed by atoms with Crippen molar-refractivity contribution >= 4 is 49.1 Å². The lowest BCUT2D eigenvalue weighted by atomic mass is 10.2. The minimum absolute atomic E-state index is 0.0105. The fraction of sp³-hybridized carbons (Fsp3) is 0.176. The molecule has 3 aromatic rings. The van der Waals surface area contributed by atoms with Crippen LogP contribution < -0.4 is 0 Å². The maximum Gasteiger partial charge on any atom is 0.338 e. The SMILES string of the molecule is CN(C)S(=O)(=O)c1cc(C(=O)OCc2nc3ccccc3s2)ccc1Cl. The zero-order valence-corrected chi connectivity index (χ0v) is 16.4. The first kappa shape index (κ1) is 18.8. The molecule has 0 saturated heterocycles. The van der Waals surface area contributed by atoms with E-state index in [0.717, 1.165) is 14.5 Å². The highest BCUT2D eigenvalue weighted by Crippen LogP contribution is 2.26. The van der Waals surface area contributed by atoms with E-state index in [1.165, 1.54) is 43.6 Å². The van der Waals surface area contributed by atoms with Crippen LogP contribution >= 0.6 is 22.9 Å². The molecule has 0 unspecified atom stereocenters. The van der Waals surface area contributed by atoms with E-state index in [0.29, 0.717) is 5.01 Å². The van der Waals surface area contributed by atoms with Gasteiger partial charge in [0, 0.05) is 14.1 Å². The Kier molecular flexibility index (Phi) is 5.29. The number of para-hydroxylation sites is 1. The van der Waals surface area contributed by atoms with Crippen LogP contribution in [0.5, 0.6) is 0 Å². The molecule has 0 aliphatic heterocycles. The van der Waals surface area contributed by atoms with Crippen molar-refractivity contribution in [2.24, 2.45) is 0 Å². The van der Waals surface area contributed by atoms with Gasteiger partial charge in [0.15, 0.2) is 0 Å². The van der Waals surface area contributed by atoms with Crippen LogP contribution in [0.15, 0.2) is 47.4 Å². The largest absolute Gasteiger partial charge is 0.455 e. The highest BCUT2D eigenvalue weighted by molar-refractivity contribution is 7.89. The van der Waals surface area contributed by atoms with Gasteiger partial charge in [-0.2, -0.15) is 0 Å². The Morgan fingerprint density at radius 1 is 1.23 bits per heavy atom. The molecule has 0 spiro atoms. The van der Waals surface area contributed by atoms with E-state index in [-0.39, 0.29) is 22.1 Å². The molecule has 0 bridgehead atoms. The van der Waals surface area contributed by atoms with Crippen LogP contribution in [0.4, 0.5) is 0 Å². The fourth-order valence-corrected chi connectivity index (χ4v) is 4.49. The van der Waals surface area contributed by atoms with Gasteiger partial charge in [-0.1, -0.05) is 23.7 Å². The number of ether oxygens (including phenoxy) is 1. The van der Waals surface area contributed by atoms with Crippen molar-refractivity contribution in [3.8, 4) is 0 Å². The molecule has 2 aromatic carbocycles. The van der Waals surface area contributed by atoms with E-state index in [1.54, 1.807) is 0 Å². The minimum atomic E-state index is -3.76. The van der Waals surface area contributed by atoms with Gasteiger partial charge < -0.3 is 4.74 Å². The Bertz CT molecular complexity index is 1040. The molecule has 0 saturated carbocycles. The summed E-state index contributed by atoms with van der Waals surface area (Å²) in [5, 5.41) is 0.705. The van der Waals surface area contributed by atoms with Gasteiger partial charge in [-0.15, -0.1) is 11.3 Å². The van der Waals surface area contributed by atoms with Crippen LogP contribution in [0.1, 0.15) is 15.4 Å². The maximum atomic E-state index is 12.3. The number of sulfonamides is 1. The minimum Gasteiger partial charge on any atom is -0.455 e. The summed E-state index contributed by atoms with van der Waals surface area (Å²) in [6, 6.07) is 11.6. The van der Waals surface area contributed by atoms with Crippen LogP contribution in [-0.4, -0.2) is 37.8 Å². The molecular formula is C17H15ClN2O4S2. The summed E-state index contributed by atoms with van der Waals surface area (Å²) in [5.74, 6) is -0.642. The molecule has 0 aliphatic carbocycles. The smallest absolute Gasteiger partial charge is 0.338 e. The zero-order chi connectivity index (χ0) is 18.9. The lowest BCUT2D eigenvalue weighted by molar-refractivity contribution is 0.0472. The molecule has 0 atom stereocenters. The number of benzene rings is 2. The number of rotatable bonds is 5. The van der Waals surface area contributed by atoms with Gasteiger partial charge in [0.1, 0.15) is 16.5 Å². The van der Waals surface area contributed by atoms with E-state index in [2.05, 4.69) is 4.98 Å². The summed E-state index contributed by atoms with van der Waals surface area (Å²) in [4.78, 5) is 16.5. The number of hydrogen-bond acceptors (Lipinski definition) is 6. The second-order valence-corrected chi connectivity index (χ2v) is 9.23. The van der Waals surface area contributed by atoms with Gasteiger partial charge in [0.2, 0.25) is 10.0 Å². The molecule has 0 aliphatic rings. The normalized spacial score (nSPS) is 11.8. The first-order valence-electron chi connectivity index (χ1n) is 7.52. The van der Waals surface area contributed by atoms with Crippen LogP contribution in [0.2, 0.25) is 5.02 Å². The van der Waals surface area contributed by atoms with Crippen LogP contribution in [-0.2, 0) is 21.4 Å². The number of fused-ring (bicyclic) bond motifs is 1. The summed E-state index contributed by atoms with van der Waals surface area (Å²) < 4.78 is 31.9. The molecule has 0 radical (unpaired) electrons. The van der Waals surface area contributed by atoms with Gasteiger partial charge in [0.25, 0.3) is 0 Å². The lowest BCUT2D eigenvalue weighted by Gasteiger charge is -2.13. The van der Waals surface area contributed by atoms with Crippen molar-refractivity contribution in [3.63, 3.8) is 0 Å². The number of nitrogens with zero attached hydrogens (tertiary/aromatic N) is 2. The maximum absolute atomic E-state index is 12.3. The van der Waals surface area contributed by atoms with Crippen molar-refractivity contribution in [3.05, 3.63) is 58.1 Å². The Labute approximate surface area is 160 Å². The monoisotopic (exact) mass is 410 g/mol. The first-order valence-corrected chi connectivity index (χ1v) is 10.2. The predicted molar refractivity (Wildman–Crippen MR) is 101 cm³/mol. The van der Waals surface area contributed by atoms with Crippen molar-refractivity contribution in [1.82, 2.24) is 9.29 Å². The number of halogens is 1. The van der Waals surface area contributed by atoms with E-state index < -0.39 is 16.0 Å². The van der Waals surface area contributed by atoms with E-state index >= 15 is 0 Å². The zero-order valence-electron chi connectivity index (χ0n) is 14.0. The average Bonchev–Trinajstić information content (AvgIpc) is 3.02. The third-order valence-corrected chi connectivity index (χ3v) is 6.90. The molecule has 0 fully saturated rings. The number of thiazole rings is 1. The van der Waals surface area contributed by atoms with Crippen molar-refractivity contribution in [2.45, 2.75) is 11.5 Å². The molecule has 3 rings (SSSR count). The summed E-state index contributed by atoms with van der Waals surface area (Å²) in [7, 11) is -0.979. The second-order valence-electron chi connectivity index (χ2n) is 5.58. The fourth-order valence-electron chi connectivity index (χ4n) is 2.22. The van der Waals surface area contributed by atoms with Crippen molar-refractivity contribution < 1.29 is 17.9 Å². The standard InChI is InChI=1S/C17H15ClN2O4S2/c1-20(2)26(22,23)15-9-11(7-8-12(15)18)17(21)24-10-16-19-13-5-3-4-6-14(13)25-16/h3-9H,10H2,1-2H3. The summed E-state index contributed by atoms with van der Waals surface area (Å²) in [5.41, 5.74) is 0.949. The molecule has 136 valence electrons. The number of carbonyl (C=O) groups is 1. The Morgan fingerprint density at radius 3 is 2.65 bits per heavy atom. The molecule has 26 heavy (non-hydrogen) atoms. The van der Waals surface area contributed by atoms with Gasteiger partial charge in [-0.3, -0.25) is 0 Å². The summed E-state index contributed by atoms with van der Waals surface area (Å²) in [6.07, 6.45) is 0. The van der Waals surface area contributed by atoms with Crippen LogP contribution in [0.25, 0.3) is 10.2 Å². The molecule has 6 nitrogen and oxygen atoms in total. The molecule has 0 amide bonds. The Morgan fingerprint density at radius 2 is 1.96 bits per heavy atom. The lowest BCUT2D eigenvalue weighted by Crippen LogP contribution is -2.23. The second kappa shape index (κ2) is 7.32. The van der Waals surface area contributed by atoms with Gasteiger partial charge in [-0.05, 0) is 30.3 Å². The van der Waals surface area contributed by atoms with E-state index in [1.807, 2.05) is 24.3 Å². The summed E-state index contributed by atoms with van der Waals surface area (Å²) in [6.45, 7) is 0.0105. The topological polar surface area (TPSA) is 76.6 Å². The third kappa shape index (κ3) is 3.73. The molecule has 1 aromatic heterocycles.